The molecule has 6 nitrogen and oxygen atoms in total. The van der Waals surface area contributed by atoms with Crippen molar-refractivity contribution in [1.29, 1.82) is 0 Å². The molecule has 0 heterocycles. The van der Waals surface area contributed by atoms with Crippen molar-refractivity contribution in [2.45, 2.75) is 18.7 Å². The van der Waals surface area contributed by atoms with Gasteiger partial charge in [0.2, 0.25) is 0 Å². The van der Waals surface area contributed by atoms with E-state index in [1.54, 1.807) is 31.2 Å². The molecule has 0 saturated carbocycles. The number of rotatable bonds is 6. The van der Waals surface area contributed by atoms with Crippen molar-refractivity contribution in [1.82, 2.24) is 10.3 Å². The summed E-state index contributed by atoms with van der Waals surface area (Å²) in [6.07, 6.45) is 0. The van der Waals surface area contributed by atoms with Crippen LogP contribution in [-0.2, 0) is 14.8 Å². The SMILES string of the molecule is Cc1cccc(OCC(=O)NNS(=O)(=O)c2ccc(Br)c(C)c2)c1. The van der Waals surface area contributed by atoms with E-state index in [1.165, 1.54) is 12.1 Å². The molecule has 2 rings (SSSR count). The summed E-state index contributed by atoms with van der Waals surface area (Å²) in [7, 11) is -3.84. The molecule has 0 aliphatic rings. The van der Waals surface area contributed by atoms with Crippen molar-refractivity contribution >= 4 is 31.9 Å². The summed E-state index contributed by atoms with van der Waals surface area (Å²) in [5.41, 5.74) is 3.90. The summed E-state index contributed by atoms with van der Waals surface area (Å²) in [6.45, 7) is 3.38. The Kier molecular flexibility index (Phi) is 5.98. The molecule has 2 N–H and O–H groups in total. The zero-order chi connectivity index (χ0) is 17.7. The number of benzene rings is 2. The van der Waals surface area contributed by atoms with E-state index in [2.05, 4.69) is 21.4 Å². The molecular formula is C16H17BrN2O4S. The summed E-state index contributed by atoms with van der Waals surface area (Å²) in [6, 6.07) is 11.8. The van der Waals surface area contributed by atoms with Crippen LogP contribution in [0, 0.1) is 13.8 Å². The second kappa shape index (κ2) is 7.78. The Morgan fingerprint density at radius 1 is 1.17 bits per heavy atom. The highest BCUT2D eigenvalue weighted by molar-refractivity contribution is 9.10. The van der Waals surface area contributed by atoms with Gasteiger partial charge in [-0.15, -0.1) is 4.83 Å². The largest absolute Gasteiger partial charge is 0.484 e. The smallest absolute Gasteiger partial charge is 0.272 e. The minimum Gasteiger partial charge on any atom is -0.484 e. The van der Waals surface area contributed by atoms with E-state index in [0.29, 0.717) is 5.75 Å². The molecule has 0 aromatic heterocycles. The first kappa shape index (κ1) is 18.4. The zero-order valence-electron chi connectivity index (χ0n) is 13.2. The van der Waals surface area contributed by atoms with Crippen molar-refractivity contribution < 1.29 is 17.9 Å². The monoisotopic (exact) mass is 412 g/mol. The number of hydrogen-bond donors (Lipinski definition) is 2. The molecule has 0 bridgehead atoms. The molecular weight excluding hydrogens is 396 g/mol. The quantitative estimate of drug-likeness (QED) is 0.713. The first-order valence-electron chi connectivity index (χ1n) is 7.04. The number of nitrogens with one attached hydrogen (secondary N) is 2. The molecule has 0 aliphatic carbocycles. The van der Waals surface area contributed by atoms with Crippen LogP contribution >= 0.6 is 15.9 Å². The molecule has 2 aromatic carbocycles. The fraction of sp³-hybridized carbons (Fsp3) is 0.188. The van der Waals surface area contributed by atoms with Crippen molar-refractivity contribution in [3.8, 4) is 5.75 Å². The van der Waals surface area contributed by atoms with Crippen molar-refractivity contribution in [3.05, 3.63) is 58.1 Å². The van der Waals surface area contributed by atoms with Gasteiger partial charge in [0.1, 0.15) is 5.75 Å². The molecule has 0 saturated heterocycles. The molecule has 0 fully saturated rings. The molecule has 0 aliphatic heterocycles. The fourth-order valence-corrected chi connectivity index (χ4v) is 3.05. The average Bonchev–Trinajstić information content (AvgIpc) is 2.53. The molecule has 128 valence electrons. The Hall–Kier alpha value is -1.90. The number of amides is 1. The van der Waals surface area contributed by atoms with Crippen LogP contribution in [0.1, 0.15) is 11.1 Å². The third-order valence-corrected chi connectivity index (χ3v) is 5.26. The van der Waals surface area contributed by atoms with Crippen molar-refractivity contribution in [3.63, 3.8) is 0 Å². The van der Waals surface area contributed by atoms with Crippen LogP contribution in [0.25, 0.3) is 0 Å². The van der Waals surface area contributed by atoms with E-state index in [-0.39, 0.29) is 11.5 Å². The summed E-state index contributed by atoms with van der Waals surface area (Å²) < 4.78 is 30.4. The van der Waals surface area contributed by atoms with Crippen molar-refractivity contribution in [2.24, 2.45) is 0 Å². The van der Waals surface area contributed by atoms with E-state index in [9.17, 15) is 13.2 Å². The molecule has 0 atom stereocenters. The Balaban J connectivity index is 1.91. The van der Waals surface area contributed by atoms with Crippen LogP contribution in [0.4, 0.5) is 0 Å². The highest BCUT2D eigenvalue weighted by Crippen LogP contribution is 2.19. The normalized spacial score (nSPS) is 11.1. The van der Waals surface area contributed by atoms with Gasteiger partial charge in [0.25, 0.3) is 15.9 Å². The average molecular weight is 413 g/mol. The van der Waals surface area contributed by atoms with Crippen LogP contribution in [0.3, 0.4) is 0 Å². The van der Waals surface area contributed by atoms with Gasteiger partial charge >= 0.3 is 0 Å². The predicted octanol–water partition coefficient (Wildman–Crippen LogP) is 2.45. The molecule has 0 radical (unpaired) electrons. The van der Waals surface area contributed by atoms with Gasteiger partial charge in [-0.2, -0.15) is 0 Å². The van der Waals surface area contributed by atoms with Gasteiger partial charge in [0, 0.05) is 4.47 Å². The maximum atomic E-state index is 12.1. The van der Waals surface area contributed by atoms with Crippen molar-refractivity contribution in [2.75, 3.05) is 6.61 Å². The maximum Gasteiger partial charge on any atom is 0.272 e. The maximum absolute atomic E-state index is 12.1. The van der Waals surface area contributed by atoms with Gasteiger partial charge in [-0.05, 0) is 55.3 Å². The highest BCUT2D eigenvalue weighted by Gasteiger charge is 2.16. The Morgan fingerprint density at radius 3 is 2.58 bits per heavy atom. The zero-order valence-corrected chi connectivity index (χ0v) is 15.6. The lowest BCUT2D eigenvalue weighted by atomic mass is 10.2. The van der Waals surface area contributed by atoms with Crippen LogP contribution < -0.4 is 15.0 Å². The number of ether oxygens (including phenoxy) is 1. The summed E-state index contributed by atoms with van der Waals surface area (Å²) in [5, 5.41) is 0. The molecule has 2 aromatic rings. The summed E-state index contributed by atoms with van der Waals surface area (Å²) >= 11 is 3.30. The predicted molar refractivity (Wildman–Crippen MR) is 94.0 cm³/mol. The summed E-state index contributed by atoms with van der Waals surface area (Å²) in [5.74, 6) is -0.0644. The Bertz CT molecular complexity index is 853. The lowest BCUT2D eigenvalue weighted by molar-refractivity contribution is -0.123. The third kappa shape index (κ3) is 5.05. The number of aryl methyl sites for hydroxylation is 2. The standard InChI is InChI=1S/C16H17BrN2O4S/c1-11-4-3-5-13(8-11)23-10-16(20)18-19-24(21,22)14-6-7-15(17)12(2)9-14/h3-9,19H,10H2,1-2H3,(H,18,20). The number of sulfonamides is 1. The third-order valence-electron chi connectivity index (χ3n) is 3.12. The van der Waals surface area contributed by atoms with Crippen LogP contribution in [0.15, 0.2) is 51.8 Å². The second-order valence-electron chi connectivity index (χ2n) is 5.17. The van der Waals surface area contributed by atoms with Gasteiger partial charge in [-0.1, -0.05) is 28.1 Å². The van der Waals surface area contributed by atoms with E-state index in [4.69, 9.17) is 4.74 Å². The van der Waals surface area contributed by atoms with E-state index in [1.807, 2.05) is 17.8 Å². The number of carbonyl (C=O) groups excluding carboxylic acids is 1. The minimum atomic E-state index is -3.84. The van der Waals surface area contributed by atoms with Gasteiger partial charge in [0.05, 0.1) is 4.90 Å². The number of halogens is 1. The van der Waals surface area contributed by atoms with Gasteiger partial charge in [-0.3, -0.25) is 10.2 Å². The lowest BCUT2D eigenvalue weighted by Crippen LogP contribution is -2.43. The topological polar surface area (TPSA) is 84.5 Å². The van der Waals surface area contributed by atoms with E-state index < -0.39 is 15.9 Å². The van der Waals surface area contributed by atoms with Crippen LogP contribution in [-0.4, -0.2) is 20.9 Å². The van der Waals surface area contributed by atoms with Crippen LogP contribution in [0.2, 0.25) is 0 Å². The van der Waals surface area contributed by atoms with Gasteiger partial charge in [0.15, 0.2) is 6.61 Å². The van der Waals surface area contributed by atoms with E-state index in [0.717, 1.165) is 15.6 Å². The highest BCUT2D eigenvalue weighted by atomic mass is 79.9. The fourth-order valence-electron chi connectivity index (χ4n) is 1.86. The van der Waals surface area contributed by atoms with E-state index >= 15 is 0 Å². The second-order valence-corrected chi connectivity index (χ2v) is 7.71. The molecule has 24 heavy (non-hydrogen) atoms. The first-order valence-corrected chi connectivity index (χ1v) is 9.32. The molecule has 8 heteroatoms. The summed E-state index contributed by atoms with van der Waals surface area (Å²) in [4.78, 5) is 13.8. The number of hydrogen-bond acceptors (Lipinski definition) is 4. The molecule has 0 spiro atoms. The lowest BCUT2D eigenvalue weighted by Gasteiger charge is -2.10. The Labute approximate surface area is 149 Å². The first-order chi connectivity index (χ1) is 11.3. The number of hydrazine groups is 1. The minimum absolute atomic E-state index is 0.0584. The van der Waals surface area contributed by atoms with Crippen LogP contribution in [0.5, 0.6) is 5.75 Å². The van der Waals surface area contributed by atoms with Gasteiger partial charge < -0.3 is 4.74 Å². The van der Waals surface area contributed by atoms with Gasteiger partial charge in [-0.25, -0.2) is 8.42 Å². The molecule has 1 amide bonds. The Morgan fingerprint density at radius 2 is 1.92 bits per heavy atom. The molecule has 0 unspecified atom stereocenters. The number of carbonyl (C=O) groups is 1.